The molecule has 11 rings (SSSR count). The second-order valence-corrected chi connectivity index (χ2v) is 15.4. The first kappa shape index (κ1) is 33.6. The molecule has 3 aromatic heterocycles. The predicted octanol–water partition coefficient (Wildman–Crippen LogP) is 14.2. The van der Waals surface area contributed by atoms with Crippen LogP contribution in [0.25, 0.3) is 109 Å². The highest BCUT2D eigenvalue weighted by Crippen LogP contribution is 2.43. The molecule has 58 heavy (non-hydrogen) atoms. The summed E-state index contributed by atoms with van der Waals surface area (Å²) in [4.78, 5) is 19.5. The molecule has 0 atom stereocenters. The van der Waals surface area contributed by atoms with Gasteiger partial charge in [0.25, 0.3) is 0 Å². The Morgan fingerprint density at radius 2 is 1.02 bits per heavy atom. The number of hydrogen-bond acceptors (Lipinski definition) is 4. The number of fused-ring (bicyclic) bond motifs is 6. The van der Waals surface area contributed by atoms with Crippen molar-refractivity contribution in [3.63, 3.8) is 0 Å². The molecule has 8 aromatic carbocycles. The lowest BCUT2D eigenvalue weighted by Gasteiger charge is -2.14. The maximum atomic E-state index is 7.56. The summed E-state index contributed by atoms with van der Waals surface area (Å²) in [5, 5.41) is 4.69. The number of benzene rings is 8. The summed E-state index contributed by atoms with van der Waals surface area (Å²) < 4.78 is 4.81. The Hall–Kier alpha value is -7.72. The van der Waals surface area contributed by atoms with E-state index in [2.05, 4.69) is 137 Å². The van der Waals surface area contributed by atoms with Gasteiger partial charge in [-0.1, -0.05) is 133 Å². The highest BCUT2D eigenvalue weighted by Gasteiger charge is 2.21. The average Bonchev–Trinajstić information content (AvgIpc) is 3.85. The number of rotatable bonds is 6. The summed E-state index contributed by atoms with van der Waals surface area (Å²) in [7, 11) is 0. The lowest BCUT2D eigenvalue weighted by Crippen LogP contribution is -2.01. The second kappa shape index (κ2) is 13.8. The van der Waals surface area contributed by atoms with Gasteiger partial charge in [0.15, 0.2) is 23.2 Å². The first-order valence-electron chi connectivity index (χ1n) is 19.1. The van der Waals surface area contributed by atoms with Crippen LogP contribution in [0.3, 0.4) is 0 Å². The van der Waals surface area contributed by atoms with Crippen LogP contribution in [0.15, 0.2) is 188 Å². The van der Waals surface area contributed by atoms with E-state index in [1.807, 2.05) is 72.0 Å². The van der Waals surface area contributed by atoms with Crippen LogP contribution < -0.4 is 0 Å². The average molecular weight is 758 g/mol. The fourth-order valence-corrected chi connectivity index (χ4v) is 9.36. The minimum atomic E-state index is 0.580. The maximum absolute atomic E-state index is 7.56. The van der Waals surface area contributed by atoms with Gasteiger partial charge < -0.3 is 4.57 Å². The van der Waals surface area contributed by atoms with Crippen molar-refractivity contribution in [2.24, 2.45) is 0 Å². The van der Waals surface area contributed by atoms with E-state index in [-0.39, 0.29) is 0 Å². The molecule has 0 aliphatic heterocycles. The first-order valence-corrected chi connectivity index (χ1v) is 20.0. The van der Waals surface area contributed by atoms with E-state index in [9.17, 15) is 0 Å². The van der Waals surface area contributed by atoms with Gasteiger partial charge in [-0.2, -0.15) is 0 Å². The lowest BCUT2D eigenvalue weighted by molar-refractivity contribution is 1.08. The van der Waals surface area contributed by atoms with Gasteiger partial charge in [-0.25, -0.2) is 19.8 Å². The lowest BCUT2D eigenvalue weighted by atomic mass is 9.93. The number of thiophene rings is 1. The van der Waals surface area contributed by atoms with E-state index >= 15 is 0 Å². The molecule has 0 spiro atoms. The van der Waals surface area contributed by atoms with Gasteiger partial charge in [0.2, 0.25) is 0 Å². The monoisotopic (exact) mass is 757 g/mol. The molecule has 3 heterocycles. The molecule has 270 valence electrons. The standard InChI is InChI=1S/C52H31N5S/c1-53-38-28-26-33(27-29-38)35-30-36(40-20-13-25-47-49(40)42-19-9-11-24-46(42)58-47)32-37(31-35)51-54-50(34-14-4-2-5-15-34)55-52(56-51)43-21-12-23-45-48(43)41-18-8-10-22-44(41)57(45)39-16-6-3-7-17-39/h2-32H. The van der Waals surface area contributed by atoms with Crippen molar-refractivity contribution in [2.75, 3.05) is 0 Å². The molecule has 0 radical (unpaired) electrons. The van der Waals surface area contributed by atoms with Crippen LogP contribution >= 0.6 is 11.3 Å². The molecule has 11 aromatic rings. The quantitative estimate of drug-likeness (QED) is 0.159. The van der Waals surface area contributed by atoms with Gasteiger partial charge in [-0.15, -0.1) is 11.3 Å². The minimum Gasteiger partial charge on any atom is -0.309 e. The largest absolute Gasteiger partial charge is 0.309 e. The highest BCUT2D eigenvalue weighted by molar-refractivity contribution is 7.25. The third-order valence-electron chi connectivity index (χ3n) is 10.9. The van der Waals surface area contributed by atoms with Crippen molar-refractivity contribution in [1.29, 1.82) is 0 Å². The van der Waals surface area contributed by atoms with Crippen molar-refractivity contribution < 1.29 is 0 Å². The Kier molecular flexibility index (Phi) is 7.99. The molecule has 0 N–H and O–H groups in total. The van der Waals surface area contributed by atoms with Crippen LogP contribution in [0.5, 0.6) is 0 Å². The van der Waals surface area contributed by atoms with Crippen LogP contribution in [0.1, 0.15) is 0 Å². The zero-order chi connectivity index (χ0) is 38.6. The Balaban J connectivity index is 1.19. The van der Waals surface area contributed by atoms with Gasteiger partial charge in [0.05, 0.1) is 17.6 Å². The first-order chi connectivity index (χ1) is 28.7. The van der Waals surface area contributed by atoms with Gasteiger partial charge in [-0.05, 0) is 76.9 Å². The summed E-state index contributed by atoms with van der Waals surface area (Å²) in [5.41, 5.74) is 10.8. The van der Waals surface area contributed by atoms with Crippen LogP contribution in [0, 0.1) is 6.57 Å². The molecule has 0 aliphatic carbocycles. The molecule has 0 fully saturated rings. The topological polar surface area (TPSA) is 48.0 Å². The number of nitrogens with zero attached hydrogens (tertiary/aromatic N) is 5. The highest BCUT2D eigenvalue weighted by atomic mass is 32.1. The number of hydrogen-bond donors (Lipinski definition) is 0. The maximum Gasteiger partial charge on any atom is 0.187 e. The van der Waals surface area contributed by atoms with Crippen molar-refractivity contribution in [1.82, 2.24) is 19.5 Å². The van der Waals surface area contributed by atoms with Crippen LogP contribution in [0.2, 0.25) is 0 Å². The van der Waals surface area contributed by atoms with E-state index in [4.69, 9.17) is 21.5 Å². The van der Waals surface area contributed by atoms with E-state index in [0.29, 0.717) is 23.2 Å². The van der Waals surface area contributed by atoms with Crippen LogP contribution in [-0.4, -0.2) is 19.5 Å². The summed E-state index contributed by atoms with van der Waals surface area (Å²) >= 11 is 1.81. The van der Waals surface area contributed by atoms with Crippen molar-refractivity contribution in [3.05, 3.63) is 199 Å². The van der Waals surface area contributed by atoms with Gasteiger partial charge in [0, 0.05) is 53.3 Å². The number of para-hydroxylation sites is 2. The summed E-state index contributed by atoms with van der Waals surface area (Å²) in [5.74, 6) is 1.78. The molecule has 0 saturated heterocycles. The van der Waals surface area contributed by atoms with E-state index in [0.717, 1.165) is 66.4 Å². The Bertz CT molecular complexity index is 3400. The molecule has 0 unspecified atom stereocenters. The molecular weight excluding hydrogens is 727 g/mol. The van der Waals surface area contributed by atoms with Crippen LogP contribution in [-0.2, 0) is 0 Å². The Morgan fingerprint density at radius 1 is 0.414 bits per heavy atom. The zero-order valence-corrected chi connectivity index (χ0v) is 31.9. The molecule has 6 heteroatoms. The van der Waals surface area contributed by atoms with Gasteiger partial charge in [-0.3, -0.25) is 0 Å². The van der Waals surface area contributed by atoms with Crippen LogP contribution in [0.4, 0.5) is 5.69 Å². The fourth-order valence-electron chi connectivity index (χ4n) is 8.23. The SMILES string of the molecule is [C-]#[N+]c1ccc(-c2cc(-c3nc(-c4ccccc4)nc(-c4cccc5c4c4ccccc4n5-c4ccccc4)n3)cc(-c3cccc4sc5ccccc5c34)c2)cc1. The summed E-state index contributed by atoms with van der Waals surface area (Å²) in [6.45, 7) is 7.56. The van der Waals surface area contributed by atoms with E-state index < -0.39 is 0 Å². The zero-order valence-electron chi connectivity index (χ0n) is 31.0. The smallest absolute Gasteiger partial charge is 0.187 e. The summed E-state index contributed by atoms with van der Waals surface area (Å²) in [6, 6.07) is 65.2. The normalized spacial score (nSPS) is 11.4. The van der Waals surface area contributed by atoms with Crippen molar-refractivity contribution in [2.45, 2.75) is 0 Å². The molecule has 0 aliphatic rings. The molecule has 0 saturated carbocycles. The minimum absolute atomic E-state index is 0.580. The van der Waals surface area contributed by atoms with E-state index in [1.165, 1.54) is 20.2 Å². The predicted molar refractivity (Wildman–Crippen MR) is 240 cm³/mol. The van der Waals surface area contributed by atoms with Crippen molar-refractivity contribution in [3.8, 4) is 62.1 Å². The Morgan fingerprint density at radius 3 is 1.83 bits per heavy atom. The van der Waals surface area contributed by atoms with Gasteiger partial charge >= 0.3 is 0 Å². The number of aromatic nitrogens is 4. The third kappa shape index (κ3) is 5.64. The molecule has 0 amide bonds. The van der Waals surface area contributed by atoms with Gasteiger partial charge in [0.1, 0.15) is 0 Å². The molecule has 5 nitrogen and oxygen atoms in total. The fraction of sp³-hybridized carbons (Fsp3) is 0. The summed E-state index contributed by atoms with van der Waals surface area (Å²) in [6.07, 6.45) is 0. The molecule has 0 bridgehead atoms. The third-order valence-corrected chi connectivity index (χ3v) is 12.0. The van der Waals surface area contributed by atoms with E-state index in [1.54, 1.807) is 0 Å². The molecular formula is C52H31N5S. The van der Waals surface area contributed by atoms with Crippen molar-refractivity contribution >= 4 is 59.0 Å². The second-order valence-electron chi connectivity index (χ2n) is 14.3. The Labute approximate surface area is 338 Å².